The van der Waals surface area contributed by atoms with Crippen molar-refractivity contribution in [2.75, 3.05) is 0 Å². The molecule has 0 spiro atoms. The van der Waals surface area contributed by atoms with E-state index in [0.29, 0.717) is 0 Å². The zero-order valence-electron chi connectivity index (χ0n) is 12.6. The van der Waals surface area contributed by atoms with E-state index in [2.05, 4.69) is 37.7 Å². The molecule has 104 valence electrons. The SMILES string of the molecule is Cc1cnc2cc(B3OC(C)(C)C(C)(C)O3)ccc2n1. The molecule has 3 rings (SSSR count). The molecule has 0 amide bonds. The summed E-state index contributed by atoms with van der Waals surface area (Å²) < 4.78 is 12.1. The van der Waals surface area contributed by atoms with Crippen LogP contribution in [0.25, 0.3) is 11.0 Å². The van der Waals surface area contributed by atoms with Crippen molar-refractivity contribution in [3.05, 3.63) is 30.1 Å². The first kappa shape index (κ1) is 13.5. The summed E-state index contributed by atoms with van der Waals surface area (Å²) in [5, 5.41) is 0. The molecule has 1 fully saturated rings. The quantitative estimate of drug-likeness (QED) is 0.745. The fourth-order valence-corrected chi connectivity index (χ4v) is 2.25. The lowest BCUT2D eigenvalue weighted by molar-refractivity contribution is 0.00578. The van der Waals surface area contributed by atoms with Crippen LogP contribution < -0.4 is 5.46 Å². The Balaban J connectivity index is 1.98. The first-order valence-corrected chi connectivity index (χ1v) is 6.87. The standard InChI is InChI=1S/C15H19BN2O2/c1-10-9-17-13-8-11(6-7-12(13)18-10)16-19-14(2,3)15(4,5)20-16/h6-9H,1-5H3. The second kappa shape index (κ2) is 4.27. The third-order valence-electron chi connectivity index (χ3n) is 4.21. The molecule has 2 heterocycles. The van der Waals surface area contributed by atoms with Gasteiger partial charge in [0.1, 0.15) is 0 Å². The normalized spacial score (nSPS) is 20.6. The Morgan fingerprint density at radius 3 is 2.30 bits per heavy atom. The third-order valence-corrected chi connectivity index (χ3v) is 4.21. The molecule has 1 aromatic carbocycles. The zero-order valence-corrected chi connectivity index (χ0v) is 12.6. The van der Waals surface area contributed by atoms with Crippen molar-refractivity contribution in [1.82, 2.24) is 9.97 Å². The van der Waals surface area contributed by atoms with E-state index in [1.165, 1.54) is 0 Å². The maximum Gasteiger partial charge on any atom is 0.494 e. The summed E-state index contributed by atoms with van der Waals surface area (Å²) in [7, 11) is -0.354. The highest BCUT2D eigenvalue weighted by atomic mass is 16.7. The topological polar surface area (TPSA) is 44.2 Å². The van der Waals surface area contributed by atoms with E-state index in [4.69, 9.17) is 9.31 Å². The maximum absolute atomic E-state index is 6.05. The largest absolute Gasteiger partial charge is 0.494 e. The maximum atomic E-state index is 6.05. The predicted octanol–water partition coefficient (Wildman–Crippen LogP) is 2.24. The molecule has 1 aliphatic heterocycles. The summed E-state index contributed by atoms with van der Waals surface area (Å²) in [6.07, 6.45) is 1.77. The van der Waals surface area contributed by atoms with Crippen molar-refractivity contribution in [3.8, 4) is 0 Å². The number of aromatic nitrogens is 2. The molecule has 1 aromatic heterocycles. The van der Waals surface area contributed by atoms with E-state index < -0.39 is 0 Å². The number of benzene rings is 1. The van der Waals surface area contributed by atoms with Crippen LogP contribution in [-0.4, -0.2) is 28.3 Å². The van der Waals surface area contributed by atoms with Crippen molar-refractivity contribution < 1.29 is 9.31 Å². The van der Waals surface area contributed by atoms with Crippen LogP contribution in [-0.2, 0) is 9.31 Å². The molecule has 0 unspecified atom stereocenters. The molecule has 0 atom stereocenters. The first-order valence-electron chi connectivity index (χ1n) is 6.87. The molecule has 1 aliphatic rings. The van der Waals surface area contributed by atoms with E-state index in [1.54, 1.807) is 6.20 Å². The zero-order chi connectivity index (χ0) is 14.5. The summed E-state index contributed by atoms with van der Waals surface area (Å²) in [6, 6.07) is 5.96. The Kier molecular flexibility index (Phi) is 2.89. The van der Waals surface area contributed by atoms with E-state index in [-0.39, 0.29) is 18.3 Å². The van der Waals surface area contributed by atoms with E-state index in [0.717, 1.165) is 22.2 Å². The van der Waals surface area contributed by atoms with Gasteiger partial charge in [0.05, 0.1) is 27.9 Å². The van der Waals surface area contributed by atoms with Crippen LogP contribution in [0.15, 0.2) is 24.4 Å². The molecular weight excluding hydrogens is 251 g/mol. The van der Waals surface area contributed by atoms with Gasteiger partial charge in [0, 0.05) is 6.20 Å². The fourth-order valence-electron chi connectivity index (χ4n) is 2.25. The van der Waals surface area contributed by atoms with Gasteiger partial charge in [0.15, 0.2) is 0 Å². The van der Waals surface area contributed by atoms with Crippen LogP contribution in [0.5, 0.6) is 0 Å². The molecule has 5 heteroatoms. The Morgan fingerprint density at radius 1 is 1.00 bits per heavy atom. The molecule has 0 bridgehead atoms. The highest BCUT2D eigenvalue weighted by molar-refractivity contribution is 6.62. The molecule has 20 heavy (non-hydrogen) atoms. The molecule has 0 saturated carbocycles. The van der Waals surface area contributed by atoms with Gasteiger partial charge < -0.3 is 9.31 Å². The number of hydrogen-bond donors (Lipinski definition) is 0. The summed E-state index contributed by atoms with van der Waals surface area (Å²) in [4.78, 5) is 8.87. The molecule has 0 aliphatic carbocycles. The van der Waals surface area contributed by atoms with E-state index in [1.807, 2.05) is 25.1 Å². The predicted molar refractivity (Wildman–Crippen MR) is 80.0 cm³/mol. The van der Waals surface area contributed by atoms with Crippen LogP contribution in [0, 0.1) is 6.92 Å². The third kappa shape index (κ3) is 2.11. The summed E-state index contributed by atoms with van der Waals surface area (Å²) >= 11 is 0. The van der Waals surface area contributed by atoms with Gasteiger partial charge in [0.25, 0.3) is 0 Å². The highest BCUT2D eigenvalue weighted by Crippen LogP contribution is 2.36. The van der Waals surface area contributed by atoms with Crippen molar-refractivity contribution in [1.29, 1.82) is 0 Å². The van der Waals surface area contributed by atoms with Crippen molar-refractivity contribution in [3.63, 3.8) is 0 Å². The van der Waals surface area contributed by atoms with Crippen molar-refractivity contribution in [2.45, 2.75) is 45.8 Å². The minimum Gasteiger partial charge on any atom is -0.399 e. The lowest BCUT2D eigenvalue weighted by Gasteiger charge is -2.32. The van der Waals surface area contributed by atoms with Gasteiger partial charge in [-0.1, -0.05) is 6.07 Å². The van der Waals surface area contributed by atoms with E-state index in [9.17, 15) is 0 Å². The monoisotopic (exact) mass is 270 g/mol. The molecular formula is C15H19BN2O2. The molecule has 1 saturated heterocycles. The number of aryl methyl sites for hydroxylation is 1. The van der Waals surface area contributed by atoms with Crippen molar-refractivity contribution in [2.24, 2.45) is 0 Å². The smallest absolute Gasteiger partial charge is 0.399 e. The summed E-state index contributed by atoms with van der Waals surface area (Å²) in [5.41, 5.74) is 3.00. The van der Waals surface area contributed by atoms with Gasteiger partial charge in [-0.2, -0.15) is 0 Å². The number of rotatable bonds is 1. The van der Waals surface area contributed by atoms with Gasteiger partial charge in [-0.3, -0.25) is 4.98 Å². The minimum absolute atomic E-state index is 0.328. The molecule has 0 radical (unpaired) electrons. The van der Waals surface area contributed by atoms with Gasteiger partial charge in [-0.05, 0) is 52.2 Å². The van der Waals surface area contributed by atoms with Crippen LogP contribution in [0.4, 0.5) is 0 Å². The minimum atomic E-state index is -0.354. The molecule has 4 nitrogen and oxygen atoms in total. The second-order valence-corrected chi connectivity index (χ2v) is 6.35. The average Bonchev–Trinajstić information content (AvgIpc) is 2.58. The number of hydrogen-bond acceptors (Lipinski definition) is 4. The Labute approximate surface area is 119 Å². The Bertz CT molecular complexity index is 654. The van der Waals surface area contributed by atoms with Crippen LogP contribution in [0.2, 0.25) is 0 Å². The lowest BCUT2D eigenvalue weighted by atomic mass is 9.79. The molecule has 2 aromatic rings. The first-order chi connectivity index (χ1) is 9.28. The lowest BCUT2D eigenvalue weighted by Crippen LogP contribution is -2.41. The fraction of sp³-hybridized carbons (Fsp3) is 0.467. The highest BCUT2D eigenvalue weighted by Gasteiger charge is 2.51. The second-order valence-electron chi connectivity index (χ2n) is 6.35. The van der Waals surface area contributed by atoms with Gasteiger partial charge in [-0.15, -0.1) is 0 Å². The van der Waals surface area contributed by atoms with Crippen molar-refractivity contribution >= 4 is 23.6 Å². The average molecular weight is 270 g/mol. The molecule has 0 N–H and O–H groups in total. The van der Waals surface area contributed by atoms with E-state index >= 15 is 0 Å². The van der Waals surface area contributed by atoms with Crippen LogP contribution in [0.1, 0.15) is 33.4 Å². The van der Waals surface area contributed by atoms with Crippen LogP contribution >= 0.6 is 0 Å². The number of fused-ring (bicyclic) bond motifs is 1. The Hall–Kier alpha value is -1.46. The number of nitrogens with zero attached hydrogens (tertiary/aromatic N) is 2. The van der Waals surface area contributed by atoms with Gasteiger partial charge in [0.2, 0.25) is 0 Å². The summed E-state index contributed by atoms with van der Waals surface area (Å²) in [5.74, 6) is 0. The van der Waals surface area contributed by atoms with Gasteiger partial charge in [-0.25, -0.2) is 4.98 Å². The Morgan fingerprint density at radius 2 is 1.65 bits per heavy atom. The van der Waals surface area contributed by atoms with Gasteiger partial charge >= 0.3 is 7.12 Å². The summed E-state index contributed by atoms with van der Waals surface area (Å²) in [6.45, 7) is 10.2. The van der Waals surface area contributed by atoms with Crippen LogP contribution in [0.3, 0.4) is 0 Å².